The van der Waals surface area contributed by atoms with Crippen LogP contribution < -0.4 is 14.4 Å². The Balaban J connectivity index is 1.87. The molecule has 1 amide bonds. The van der Waals surface area contributed by atoms with Gasteiger partial charge in [0.15, 0.2) is 11.5 Å². The minimum absolute atomic E-state index is 0.0773. The van der Waals surface area contributed by atoms with Gasteiger partial charge in [0.25, 0.3) is 5.91 Å². The molecule has 5 heteroatoms. The van der Waals surface area contributed by atoms with Gasteiger partial charge in [0.1, 0.15) is 18.2 Å². The zero-order valence-corrected chi connectivity index (χ0v) is 15.1. The summed E-state index contributed by atoms with van der Waals surface area (Å²) in [5.41, 5.74) is 2.76. The van der Waals surface area contributed by atoms with Gasteiger partial charge in [-0.15, -0.1) is 0 Å². The van der Waals surface area contributed by atoms with Crippen molar-refractivity contribution >= 4 is 17.7 Å². The van der Waals surface area contributed by atoms with Gasteiger partial charge in [-0.3, -0.25) is 4.79 Å². The molecule has 0 atom stereocenters. The van der Waals surface area contributed by atoms with Crippen LogP contribution in [0.5, 0.6) is 11.5 Å². The molecule has 2 aromatic rings. The fourth-order valence-electron chi connectivity index (χ4n) is 3.05. The molecule has 0 saturated carbocycles. The molecular formula is C22H20N2O3. The molecule has 1 heterocycles. The maximum atomic E-state index is 12.9. The summed E-state index contributed by atoms with van der Waals surface area (Å²) in [6.45, 7) is 4.56. The van der Waals surface area contributed by atoms with Gasteiger partial charge in [-0.05, 0) is 41.8 Å². The van der Waals surface area contributed by atoms with Crippen molar-refractivity contribution in [3.05, 3.63) is 71.8 Å². The lowest BCUT2D eigenvalue weighted by Gasteiger charge is -2.16. The molecule has 27 heavy (non-hydrogen) atoms. The first-order valence-corrected chi connectivity index (χ1v) is 8.61. The Bertz CT molecular complexity index is 941. The second-order valence-electron chi connectivity index (χ2n) is 6.02. The van der Waals surface area contributed by atoms with Crippen LogP contribution >= 0.6 is 0 Å². The first kappa shape index (κ1) is 18.3. The topological polar surface area (TPSA) is 62.6 Å². The number of carbonyl (C=O) groups is 1. The van der Waals surface area contributed by atoms with Crippen LogP contribution in [0.1, 0.15) is 11.1 Å². The van der Waals surface area contributed by atoms with Gasteiger partial charge in [0, 0.05) is 12.2 Å². The Labute approximate surface area is 158 Å². The van der Waals surface area contributed by atoms with Crippen LogP contribution in [0.3, 0.4) is 0 Å². The molecule has 0 bridgehead atoms. The van der Waals surface area contributed by atoms with Crippen molar-refractivity contribution in [2.75, 3.05) is 25.2 Å². The Morgan fingerprint density at radius 2 is 2.11 bits per heavy atom. The number of para-hydroxylation sites is 1. The van der Waals surface area contributed by atoms with E-state index in [-0.39, 0.29) is 11.5 Å². The van der Waals surface area contributed by atoms with Crippen molar-refractivity contribution in [2.45, 2.75) is 6.42 Å². The van der Waals surface area contributed by atoms with Crippen molar-refractivity contribution < 1.29 is 14.3 Å². The van der Waals surface area contributed by atoms with Crippen LogP contribution in [0, 0.1) is 11.3 Å². The molecule has 0 fully saturated rings. The quantitative estimate of drug-likeness (QED) is 0.447. The summed E-state index contributed by atoms with van der Waals surface area (Å²) in [6, 6.07) is 15.1. The van der Waals surface area contributed by atoms with E-state index in [4.69, 9.17) is 9.47 Å². The molecule has 0 aromatic heterocycles. The highest BCUT2D eigenvalue weighted by atomic mass is 16.5. The lowest BCUT2D eigenvalue weighted by Crippen LogP contribution is -2.29. The van der Waals surface area contributed by atoms with E-state index in [2.05, 4.69) is 6.58 Å². The highest BCUT2D eigenvalue weighted by Crippen LogP contribution is 2.31. The van der Waals surface area contributed by atoms with Crippen molar-refractivity contribution in [2.24, 2.45) is 0 Å². The van der Waals surface area contributed by atoms with E-state index in [0.29, 0.717) is 30.2 Å². The molecular weight excluding hydrogens is 340 g/mol. The minimum atomic E-state index is -0.298. The minimum Gasteiger partial charge on any atom is -0.493 e. The smallest absolute Gasteiger partial charge is 0.268 e. The van der Waals surface area contributed by atoms with Crippen molar-refractivity contribution in [3.8, 4) is 17.6 Å². The fraction of sp³-hybridized carbons (Fsp3) is 0.182. The summed E-state index contributed by atoms with van der Waals surface area (Å²) in [5, 5.41) is 9.53. The maximum Gasteiger partial charge on any atom is 0.268 e. The molecule has 0 aliphatic carbocycles. The van der Waals surface area contributed by atoms with Crippen LogP contribution in [0.4, 0.5) is 5.69 Å². The van der Waals surface area contributed by atoms with Crippen LogP contribution in [0.25, 0.3) is 6.08 Å². The van der Waals surface area contributed by atoms with Gasteiger partial charge >= 0.3 is 0 Å². The van der Waals surface area contributed by atoms with Gasteiger partial charge in [0.2, 0.25) is 0 Å². The van der Waals surface area contributed by atoms with E-state index in [0.717, 1.165) is 17.7 Å². The van der Waals surface area contributed by atoms with E-state index < -0.39 is 0 Å². The molecule has 1 aliphatic rings. The molecule has 0 N–H and O–H groups in total. The summed E-state index contributed by atoms with van der Waals surface area (Å²) in [5.74, 6) is 0.808. The largest absolute Gasteiger partial charge is 0.493 e. The van der Waals surface area contributed by atoms with Gasteiger partial charge in [-0.2, -0.15) is 5.26 Å². The van der Waals surface area contributed by atoms with Gasteiger partial charge in [-0.25, -0.2) is 0 Å². The number of fused-ring (bicyclic) bond motifs is 1. The second-order valence-corrected chi connectivity index (χ2v) is 6.02. The summed E-state index contributed by atoms with van der Waals surface area (Å²) in [4.78, 5) is 14.5. The van der Waals surface area contributed by atoms with Crippen molar-refractivity contribution in [1.29, 1.82) is 5.26 Å². The lowest BCUT2D eigenvalue weighted by molar-refractivity contribution is -0.114. The number of nitriles is 1. The number of nitrogens with zero attached hydrogens (tertiary/aromatic N) is 2. The molecule has 3 rings (SSSR count). The van der Waals surface area contributed by atoms with E-state index in [1.54, 1.807) is 42.4 Å². The molecule has 0 saturated heterocycles. The Kier molecular flexibility index (Phi) is 5.58. The van der Waals surface area contributed by atoms with Crippen molar-refractivity contribution in [3.63, 3.8) is 0 Å². The average molecular weight is 360 g/mol. The van der Waals surface area contributed by atoms with Crippen LogP contribution in [0.2, 0.25) is 0 Å². The van der Waals surface area contributed by atoms with E-state index in [9.17, 15) is 10.1 Å². The van der Waals surface area contributed by atoms with E-state index in [1.807, 2.05) is 30.3 Å². The zero-order valence-electron chi connectivity index (χ0n) is 15.1. The highest BCUT2D eigenvalue weighted by molar-refractivity contribution is 6.12. The van der Waals surface area contributed by atoms with Gasteiger partial charge in [-0.1, -0.05) is 36.9 Å². The number of ether oxygens (including phenoxy) is 2. The standard InChI is InChI=1S/C22H20N2O3/c1-3-12-27-20-9-8-16(14-21(20)26-2)13-18(15-23)22(25)24-11-10-17-6-4-5-7-19(17)24/h3-9,13-14H,1,10-12H2,2H3. The lowest BCUT2D eigenvalue weighted by atomic mass is 10.1. The summed E-state index contributed by atoms with van der Waals surface area (Å²) in [6.07, 6.45) is 4.01. The van der Waals surface area contributed by atoms with Crippen LogP contribution in [0.15, 0.2) is 60.7 Å². The molecule has 2 aromatic carbocycles. The average Bonchev–Trinajstić information content (AvgIpc) is 3.14. The molecule has 5 nitrogen and oxygen atoms in total. The fourth-order valence-corrected chi connectivity index (χ4v) is 3.05. The third kappa shape index (κ3) is 3.85. The van der Waals surface area contributed by atoms with Gasteiger partial charge < -0.3 is 14.4 Å². The normalized spacial score (nSPS) is 12.9. The predicted octanol–water partition coefficient (Wildman–Crippen LogP) is 3.76. The Morgan fingerprint density at radius 3 is 2.85 bits per heavy atom. The predicted molar refractivity (Wildman–Crippen MR) is 105 cm³/mol. The zero-order chi connectivity index (χ0) is 19.2. The molecule has 0 spiro atoms. The number of amides is 1. The first-order chi connectivity index (χ1) is 13.2. The first-order valence-electron chi connectivity index (χ1n) is 8.61. The van der Waals surface area contributed by atoms with Crippen LogP contribution in [-0.2, 0) is 11.2 Å². The molecule has 0 radical (unpaired) electrons. The third-order valence-corrected chi connectivity index (χ3v) is 4.34. The van der Waals surface area contributed by atoms with E-state index in [1.165, 1.54) is 0 Å². The summed E-state index contributed by atoms with van der Waals surface area (Å²) >= 11 is 0. The molecule has 0 unspecified atom stereocenters. The summed E-state index contributed by atoms with van der Waals surface area (Å²) < 4.78 is 10.9. The maximum absolute atomic E-state index is 12.9. The van der Waals surface area contributed by atoms with Crippen LogP contribution in [-0.4, -0.2) is 26.2 Å². The number of anilines is 1. The highest BCUT2D eigenvalue weighted by Gasteiger charge is 2.26. The number of benzene rings is 2. The number of carbonyl (C=O) groups excluding carboxylic acids is 1. The summed E-state index contributed by atoms with van der Waals surface area (Å²) in [7, 11) is 1.54. The number of hydrogen-bond acceptors (Lipinski definition) is 4. The Hall–Kier alpha value is -3.52. The second kappa shape index (κ2) is 8.24. The van der Waals surface area contributed by atoms with Crippen molar-refractivity contribution in [1.82, 2.24) is 0 Å². The monoisotopic (exact) mass is 360 g/mol. The van der Waals surface area contributed by atoms with E-state index >= 15 is 0 Å². The SMILES string of the molecule is C=CCOc1ccc(C=C(C#N)C(=O)N2CCc3ccccc32)cc1OC. The molecule has 136 valence electrons. The Morgan fingerprint density at radius 1 is 1.30 bits per heavy atom. The molecule has 1 aliphatic heterocycles. The van der Waals surface area contributed by atoms with Gasteiger partial charge in [0.05, 0.1) is 7.11 Å². The number of rotatable bonds is 6. The number of hydrogen-bond donors (Lipinski definition) is 0. The number of methoxy groups -OCH3 is 1. The third-order valence-electron chi connectivity index (χ3n) is 4.34.